The topological polar surface area (TPSA) is 82.6 Å². The van der Waals surface area contributed by atoms with E-state index in [2.05, 4.69) is 4.90 Å². The second kappa shape index (κ2) is 8.33. The van der Waals surface area contributed by atoms with Gasteiger partial charge in [0, 0.05) is 31.2 Å². The Bertz CT molecular complexity index is 1060. The number of fused-ring (bicyclic) bond motifs is 2. The van der Waals surface area contributed by atoms with Crippen LogP contribution in [0.4, 0.5) is 15.3 Å². The molecule has 166 valence electrons. The molecule has 0 N–H and O–H groups in total. The van der Waals surface area contributed by atoms with Crippen molar-refractivity contribution in [2.45, 2.75) is 12.6 Å². The van der Waals surface area contributed by atoms with Crippen molar-refractivity contribution in [3.05, 3.63) is 59.1 Å². The number of urea groups is 1. The molecule has 0 bridgehead atoms. The van der Waals surface area contributed by atoms with Gasteiger partial charge >= 0.3 is 12.1 Å². The minimum Gasteiger partial charge on any atom is -0.490 e. The van der Waals surface area contributed by atoms with E-state index < -0.39 is 24.1 Å². The first-order valence-electron chi connectivity index (χ1n) is 10.3. The summed E-state index contributed by atoms with van der Waals surface area (Å²) in [5.41, 5.74) is 1.60. The first-order valence-corrected chi connectivity index (χ1v) is 10.7. The van der Waals surface area contributed by atoms with Gasteiger partial charge in [0.2, 0.25) is 0 Å². The lowest BCUT2D eigenvalue weighted by Crippen LogP contribution is -2.52. The smallest absolute Gasteiger partial charge is 0.439 e. The number of anilines is 1. The van der Waals surface area contributed by atoms with Gasteiger partial charge in [-0.2, -0.15) is 0 Å². The van der Waals surface area contributed by atoms with Crippen LogP contribution in [-0.4, -0.2) is 71.7 Å². The van der Waals surface area contributed by atoms with E-state index in [9.17, 15) is 14.4 Å². The highest BCUT2D eigenvalue weighted by Crippen LogP contribution is 2.32. The first kappa shape index (κ1) is 20.6. The minimum atomic E-state index is -0.791. The Hall–Kier alpha value is -3.30. The zero-order valence-corrected chi connectivity index (χ0v) is 17.9. The Labute approximate surface area is 189 Å². The van der Waals surface area contributed by atoms with Crippen LogP contribution in [0.25, 0.3) is 0 Å². The molecule has 1 atom stereocenters. The van der Waals surface area contributed by atoms with Crippen molar-refractivity contribution in [3.63, 3.8) is 0 Å². The molecule has 1 unspecified atom stereocenters. The Balaban J connectivity index is 1.26. The van der Waals surface area contributed by atoms with E-state index >= 15 is 0 Å². The van der Waals surface area contributed by atoms with E-state index in [4.69, 9.17) is 21.2 Å². The molecule has 9 nitrogen and oxygen atoms in total. The van der Waals surface area contributed by atoms with Crippen molar-refractivity contribution in [3.8, 4) is 5.75 Å². The molecule has 0 radical (unpaired) electrons. The SMILES string of the molecule is O=C1C2CN(Cc3ccc(Cl)cc3)CCN2C(=O)N1OC(=O)N1CCOc2ccccc21. The molecule has 0 spiro atoms. The zero-order valence-electron chi connectivity index (χ0n) is 17.1. The van der Waals surface area contributed by atoms with Crippen LogP contribution >= 0.6 is 11.6 Å². The van der Waals surface area contributed by atoms with Crippen LogP contribution in [-0.2, 0) is 16.2 Å². The number of carbonyl (C=O) groups excluding carboxylic acids is 3. The minimum absolute atomic E-state index is 0.258. The standard InChI is InChI=1S/C22H21ClN4O5/c23-16-7-5-15(6-8-16)13-24-9-10-25-18(14-24)20(28)27(21(25)29)32-22(30)26-11-12-31-19-4-2-1-3-17(19)26/h1-8,18H,9-14H2. The Morgan fingerprint density at radius 1 is 1.06 bits per heavy atom. The van der Waals surface area contributed by atoms with E-state index in [-0.39, 0.29) is 6.54 Å². The summed E-state index contributed by atoms with van der Waals surface area (Å²) in [6.07, 6.45) is -0.791. The van der Waals surface area contributed by atoms with E-state index in [1.807, 2.05) is 24.3 Å². The monoisotopic (exact) mass is 456 g/mol. The molecule has 4 amide bonds. The first-order chi connectivity index (χ1) is 15.5. The highest BCUT2D eigenvalue weighted by Gasteiger charge is 2.50. The molecule has 0 saturated carbocycles. The van der Waals surface area contributed by atoms with Gasteiger partial charge < -0.3 is 14.5 Å². The van der Waals surface area contributed by atoms with Crippen molar-refractivity contribution in [1.29, 1.82) is 0 Å². The number of piperazine rings is 1. The molecule has 10 heteroatoms. The predicted octanol–water partition coefficient (Wildman–Crippen LogP) is 2.74. The van der Waals surface area contributed by atoms with Crippen molar-refractivity contribution < 1.29 is 24.0 Å². The second-order valence-electron chi connectivity index (χ2n) is 7.81. The van der Waals surface area contributed by atoms with Crippen molar-refractivity contribution >= 4 is 35.3 Å². The third kappa shape index (κ3) is 3.74. The molecule has 5 rings (SSSR count). The van der Waals surface area contributed by atoms with Crippen LogP contribution in [0.3, 0.4) is 0 Å². The number of ether oxygens (including phenoxy) is 1. The number of nitrogens with zero attached hydrogens (tertiary/aromatic N) is 4. The average Bonchev–Trinajstić information content (AvgIpc) is 3.04. The summed E-state index contributed by atoms with van der Waals surface area (Å²) in [6, 6.07) is 13.3. The van der Waals surface area contributed by atoms with E-state index in [0.29, 0.717) is 54.3 Å². The number of hydroxylamine groups is 2. The Morgan fingerprint density at radius 2 is 1.84 bits per heavy atom. The maximum Gasteiger partial charge on any atom is 0.439 e. The van der Waals surface area contributed by atoms with Crippen LogP contribution in [0.15, 0.2) is 48.5 Å². The molecule has 2 aromatic carbocycles. The predicted molar refractivity (Wildman–Crippen MR) is 115 cm³/mol. The van der Waals surface area contributed by atoms with Gasteiger partial charge in [-0.25, -0.2) is 9.59 Å². The number of amides is 4. The van der Waals surface area contributed by atoms with Crippen molar-refractivity contribution in [1.82, 2.24) is 14.9 Å². The highest BCUT2D eigenvalue weighted by atomic mass is 35.5. The molecule has 2 aromatic rings. The molecule has 2 saturated heterocycles. The van der Waals surface area contributed by atoms with Crippen LogP contribution in [0, 0.1) is 0 Å². The summed E-state index contributed by atoms with van der Waals surface area (Å²) in [5, 5.41) is 1.26. The Kier molecular flexibility index (Phi) is 5.36. The lowest BCUT2D eigenvalue weighted by atomic mass is 10.1. The average molecular weight is 457 g/mol. The maximum absolute atomic E-state index is 13.0. The van der Waals surface area contributed by atoms with Gasteiger partial charge in [-0.15, -0.1) is 0 Å². The lowest BCUT2D eigenvalue weighted by Gasteiger charge is -2.35. The fourth-order valence-corrected chi connectivity index (χ4v) is 4.31. The van der Waals surface area contributed by atoms with Crippen LogP contribution in [0.5, 0.6) is 5.75 Å². The second-order valence-corrected chi connectivity index (χ2v) is 8.25. The van der Waals surface area contributed by atoms with E-state index in [1.165, 1.54) is 9.80 Å². The normalized spacial score (nSPS) is 20.7. The molecular formula is C22H21ClN4O5. The van der Waals surface area contributed by atoms with Gasteiger partial charge in [0.15, 0.2) is 0 Å². The van der Waals surface area contributed by atoms with Gasteiger partial charge in [0.05, 0.1) is 12.2 Å². The number of rotatable bonds is 3. The lowest BCUT2D eigenvalue weighted by molar-refractivity contribution is -0.150. The number of hydrogen-bond acceptors (Lipinski definition) is 6. The summed E-state index contributed by atoms with van der Waals surface area (Å²) in [4.78, 5) is 48.8. The number of carbonyl (C=O) groups is 3. The summed E-state index contributed by atoms with van der Waals surface area (Å²) < 4.78 is 5.54. The third-order valence-electron chi connectivity index (χ3n) is 5.81. The number of halogens is 1. The zero-order chi connectivity index (χ0) is 22.2. The third-order valence-corrected chi connectivity index (χ3v) is 6.06. The summed E-state index contributed by atoms with van der Waals surface area (Å²) in [6.45, 7) is 2.53. The molecule has 3 aliphatic heterocycles. The molecule has 3 heterocycles. The van der Waals surface area contributed by atoms with Gasteiger partial charge in [-0.1, -0.05) is 40.9 Å². The molecular weight excluding hydrogens is 436 g/mol. The number of benzene rings is 2. The molecule has 0 aliphatic carbocycles. The summed E-state index contributed by atoms with van der Waals surface area (Å²) in [5.74, 6) is 0.00994. The molecule has 0 aromatic heterocycles. The van der Waals surface area contributed by atoms with Gasteiger partial charge in [-0.05, 0) is 29.8 Å². The highest BCUT2D eigenvalue weighted by molar-refractivity contribution is 6.30. The van der Waals surface area contributed by atoms with Crippen LogP contribution in [0.1, 0.15) is 5.56 Å². The summed E-state index contributed by atoms with van der Waals surface area (Å²) >= 11 is 5.94. The number of para-hydroxylation sites is 2. The quantitative estimate of drug-likeness (QED) is 0.660. The van der Waals surface area contributed by atoms with Crippen molar-refractivity contribution in [2.75, 3.05) is 37.7 Å². The molecule has 2 fully saturated rings. The van der Waals surface area contributed by atoms with Crippen molar-refractivity contribution in [2.24, 2.45) is 0 Å². The maximum atomic E-state index is 13.0. The largest absolute Gasteiger partial charge is 0.490 e. The van der Waals surface area contributed by atoms with Gasteiger partial charge in [0.25, 0.3) is 5.91 Å². The van der Waals surface area contributed by atoms with Crippen LogP contribution in [0.2, 0.25) is 5.02 Å². The number of hydrogen-bond donors (Lipinski definition) is 0. The van der Waals surface area contributed by atoms with E-state index in [1.54, 1.807) is 24.3 Å². The van der Waals surface area contributed by atoms with Crippen LogP contribution < -0.4 is 9.64 Å². The molecule has 3 aliphatic rings. The van der Waals surface area contributed by atoms with Gasteiger partial charge in [-0.3, -0.25) is 14.6 Å². The van der Waals surface area contributed by atoms with Gasteiger partial charge in [0.1, 0.15) is 18.4 Å². The fraction of sp³-hybridized carbons (Fsp3) is 0.318. The Morgan fingerprint density at radius 3 is 2.66 bits per heavy atom. The number of imide groups is 1. The fourth-order valence-electron chi connectivity index (χ4n) is 4.19. The summed E-state index contributed by atoms with van der Waals surface area (Å²) in [7, 11) is 0. The van der Waals surface area contributed by atoms with E-state index in [0.717, 1.165) is 5.56 Å². The molecule has 32 heavy (non-hydrogen) atoms.